The van der Waals surface area contributed by atoms with E-state index in [1.807, 2.05) is 54.6 Å². The molecule has 2 aromatic carbocycles. The number of carbonyl (C=O) groups is 1. The summed E-state index contributed by atoms with van der Waals surface area (Å²) in [6.45, 7) is 1.25. The van der Waals surface area contributed by atoms with Gasteiger partial charge in [-0.05, 0) is 42.5 Å². The number of ether oxygens (including phenoxy) is 2. The van der Waals surface area contributed by atoms with Crippen molar-refractivity contribution in [3.05, 3.63) is 78.5 Å². The van der Waals surface area contributed by atoms with Gasteiger partial charge in [0.2, 0.25) is 5.88 Å². The van der Waals surface area contributed by atoms with E-state index >= 15 is 0 Å². The first kappa shape index (κ1) is 18.0. The second-order valence-corrected chi connectivity index (χ2v) is 6.51. The molecule has 0 radical (unpaired) electrons. The number of hydrogen-bond donors (Lipinski definition) is 2. The molecule has 142 valence electrons. The number of amides is 1. The Bertz CT molecular complexity index is 923. The van der Waals surface area contributed by atoms with Crippen LogP contribution >= 0.6 is 0 Å². The van der Waals surface area contributed by atoms with Crippen molar-refractivity contribution in [1.29, 1.82) is 0 Å². The first-order valence-corrected chi connectivity index (χ1v) is 9.20. The zero-order valence-corrected chi connectivity index (χ0v) is 15.3. The van der Waals surface area contributed by atoms with Crippen LogP contribution in [0.4, 0.5) is 17.1 Å². The summed E-state index contributed by atoms with van der Waals surface area (Å²) in [5.41, 5.74) is 3.17. The summed E-state index contributed by atoms with van der Waals surface area (Å²) in [5, 5.41) is 6.21. The average Bonchev–Trinajstić information content (AvgIpc) is 3.23. The average molecular weight is 375 g/mol. The SMILES string of the molecule is O=C(Nc1ccc(Nc2ccccc2)cc1)c1ccnc(OC2CCOC2)c1. The second kappa shape index (κ2) is 8.54. The highest BCUT2D eigenvalue weighted by atomic mass is 16.5. The topological polar surface area (TPSA) is 72.5 Å². The molecule has 1 unspecified atom stereocenters. The lowest BCUT2D eigenvalue weighted by molar-refractivity contribution is 0.102. The third-order valence-corrected chi connectivity index (χ3v) is 4.38. The van der Waals surface area contributed by atoms with E-state index in [2.05, 4.69) is 15.6 Å². The van der Waals surface area contributed by atoms with Gasteiger partial charge in [-0.2, -0.15) is 0 Å². The Hall–Kier alpha value is -3.38. The van der Waals surface area contributed by atoms with E-state index in [4.69, 9.17) is 9.47 Å². The number of nitrogens with zero attached hydrogens (tertiary/aromatic N) is 1. The minimum Gasteiger partial charge on any atom is -0.472 e. The van der Waals surface area contributed by atoms with E-state index in [0.29, 0.717) is 30.3 Å². The maximum Gasteiger partial charge on any atom is 0.255 e. The summed E-state index contributed by atoms with van der Waals surface area (Å²) in [4.78, 5) is 16.7. The molecule has 2 N–H and O–H groups in total. The molecule has 28 heavy (non-hydrogen) atoms. The van der Waals surface area contributed by atoms with Crippen molar-refractivity contribution in [1.82, 2.24) is 4.98 Å². The maximum atomic E-state index is 12.5. The summed E-state index contributed by atoms with van der Waals surface area (Å²) < 4.78 is 11.1. The monoisotopic (exact) mass is 375 g/mol. The highest BCUT2D eigenvalue weighted by molar-refractivity contribution is 6.04. The molecule has 1 fully saturated rings. The molecule has 3 aromatic rings. The molecule has 1 aliphatic heterocycles. The van der Waals surface area contributed by atoms with Crippen molar-refractivity contribution in [2.45, 2.75) is 12.5 Å². The van der Waals surface area contributed by atoms with E-state index in [-0.39, 0.29) is 12.0 Å². The van der Waals surface area contributed by atoms with E-state index < -0.39 is 0 Å². The molecule has 1 atom stereocenters. The fourth-order valence-corrected chi connectivity index (χ4v) is 2.92. The number of aromatic nitrogens is 1. The van der Waals surface area contributed by atoms with Crippen LogP contribution < -0.4 is 15.4 Å². The lowest BCUT2D eigenvalue weighted by Crippen LogP contribution is -2.17. The number of benzene rings is 2. The molecule has 1 aliphatic rings. The first-order chi connectivity index (χ1) is 13.8. The Labute approximate surface area is 163 Å². The Kier molecular flexibility index (Phi) is 5.49. The quantitative estimate of drug-likeness (QED) is 0.674. The standard InChI is InChI=1S/C22H21N3O3/c26-22(16-10-12-23-21(14-16)28-20-11-13-27-15-20)25-19-8-6-18(7-9-19)24-17-4-2-1-3-5-17/h1-10,12,14,20,24H,11,13,15H2,(H,25,26). The Morgan fingerprint density at radius 2 is 1.75 bits per heavy atom. The van der Waals surface area contributed by atoms with Gasteiger partial charge in [0.15, 0.2) is 0 Å². The smallest absolute Gasteiger partial charge is 0.255 e. The number of hydrogen-bond acceptors (Lipinski definition) is 5. The minimum absolute atomic E-state index is 0.00419. The van der Waals surface area contributed by atoms with Gasteiger partial charge in [-0.15, -0.1) is 0 Å². The Morgan fingerprint density at radius 1 is 1.00 bits per heavy atom. The molecule has 1 saturated heterocycles. The van der Waals surface area contributed by atoms with Crippen molar-refractivity contribution in [2.24, 2.45) is 0 Å². The molecule has 0 spiro atoms. The van der Waals surface area contributed by atoms with Gasteiger partial charge in [-0.25, -0.2) is 4.98 Å². The normalized spacial score (nSPS) is 15.8. The van der Waals surface area contributed by atoms with Crippen LogP contribution in [0.15, 0.2) is 72.9 Å². The van der Waals surface area contributed by atoms with Crippen LogP contribution in [0.1, 0.15) is 16.8 Å². The predicted molar refractivity (Wildman–Crippen MR) is 108 cm³/mol. The Morgan fingerprint density at radius 3 is 2.50 bits per heavy atom. The highest BCUT2D eigenvalue weighted by Crippen LogP contribution is 2.20. The summed E-state index contributed by atoms with van der Waals surface area (Å²) in [6.07, 6.45) is 2.41. The predicted octanol–water partition coefficient (Wildman–Crippen LogP) is 4.25. The van der Waals surface area contributed by atoms with Crippen LogP contribution in [0, 0.1) is 0 Å². The molecule has 0 bridgehead atoms. The summed E-state index contributed by atoms with van der Waals surface area (Å²) in [7, 11) is 0. The molecule has 0 aliphatic carbocycles. The van der Waals surface area contributed by atoms with Crippen molar-refractivity contribution < 1.29 is 14.3 Å². The minimum atomic E-state index is -0.210. The largest absolute Gasteiger partial charge is 0.472 e. The fraction of sp³-hybridized carbons (Fsp3) is 0.182. The lowest BCUT2D eigenvalue weighted by Gasteiger charge is -2.12. The molecule has 6 nitrogen and oxygen atoms in total. The number of pyridine rings is 1. The van der Waals surface area contributed by atoms with Crippen LogP contribution in [0.3, 0.4) is 0 Å². The number of carbonyl (C=O) groups excluding carboxylic acids is 1. The third kappa shape index (κ3) is 4.66. The van der Waals surface area contributed by atoms with Crippen LogP contribution in [0.2, 0.25) is 0 Å². The highest BCUT2D eigenvalue weighted by Gasteiger charge is 2.18. The number of nitrogens with one attached hydrogen (secondary N) is 2. The molecular formula is C22H21N3O3. The van der Waals surface area contributed by atoms with Crippen molar-refractivity contribution >= 4 is 23.0 Å². The number of anilines is 3. The Balaban J connectivity index is 1.38. The van der Waals surface area contributed by atoms with E-state index in [1.165, 1.54) is 0 Å². The zero-order chi connectivity index (χ0) is 19.2. The molecule has 4 rings (SSSR count). The van der Waals surface area contributed by atoms with E-state index in [0.717, 1.165) is 17.8 Å². The van der Waals surface area contributed by atoms with Crippen molar-refractivity contribution in [3.63, 3.8) is 0 Å². The maximum absolute atomic E-state index is 12.5. The summed E-state index contributed by atoms with van der Waals surface area (Å²) in [6, 6.07) is 20.8. The summed E-state index contributed by atoms with van der Waals surface area (Å²) in [5.74, 6) is 0.226. The molecular weight excluding hydrogens is 354 g/mol. The van der Waals surface area contributed by atoms with Gasteiger partial charge < -0.3 is 20.1 Å². The van der Waals surface area contributed by atoms with E-state index in [1.54, 1.807) is 18.3 Å². The van der Waals surface area contributed by atoms with Gasteiger partial charge in [-0.1, -0.05) is 18.2 Å². The van der Waals surface area contributed by atoms with Gasteiger partial charge in [-0.3, -0.25) is 4.79 Å². The molecule has 1 aromatic heterocycles. The first-order valence-electron chi connectivity index (χ1n) is 9.20. The number of rotatable bonds is 6. The van der Waals surface area contributed by atoms with Crippen LogP contribution in [0.5, 0.6) is 5.88 Å². The second-order valence-electron chi connectivity index (χ2n) is 6.51. The third-order valence-electron chi connectivity index (χ3n) is 4.38. The van der Waals surface area contributed by atoms with Gasteiger partial charge in [0.1, 0.15) is 6.10 Å². The van der Waals surface area contributed by atoms with Gasteiger partial charge in [0, 0.05) is 41.3 Å². The molecule has 1 amide bonds. The van der Waals surface area contributed by atoms with Gasteiger partial charge in [0.25, 0.3) is 5.91 Å². The van der Waals surface area contributed by atoms with Crippen molar-refractivity contribution in [3.8, 4) is 5.88 Å². The van der Waals surface area contributed by atoms with Crippen LogP contribution in [0.25, 0.3) is 0 Å². The van der Waals surface area contributed by atoms with Gasteiger partial charge in [0.05, 0.1) is 13.2 Å². The molecule has 0 saturated carbocycles. The fourth-order valence-electron chi connectivity index (χ4n) is 2.92. The molecule has 6 heteroatoms. The van der Waals surface area contributed by atoms with Crippen molar-refractivity contribution in [2.75, 3.05) is 23.8 Å². The van der Waals surface area contributed by atoms with Crippen LogP contribution in [-0.4, -0.2) is 30.2 Å². The summed E-state index contributed by atoms with van der Waals surface area (Å²) >= 11 is 0. The lowest BCUT2D eigenvalue weighted by atomic mass is 10.2. The van der Waals surface area contributed by atoms with Gasteiger partial charge >= 0.3 is 0 Å². The van der Waals surface area contributed by atoms with E-state index in [9.17, 15) is 4.79 Å². The zero-order valence-electron chi connectivity index (χ0n) is 15.3. The molecule has 2 heterocycles. The van der Waals surface area contributed by atoms with Crippen LogP contribution in [-0.2, 0) is 4.74 Å². The number of para-hydroxylation sites is 1.